The van der Waals surface area contributed by atoms with Gasteiger partial charge in [-0.2, -0.15) is 0 Å². The standard InChI is InChI=1S/C13H17ClFN/c14-12-6-3-5-10(13(12)15)4-1-2-9-16-11-7-8-11/h3,5-6,11,16H,1-2,4,7-9H2. The van der Waals surface area contributed by atoms with Gasteiger partial charge in [-0.05, 0) is 50.3 Å². The van der Waals surface area contributed by atoms with Gasteiger partial charge in [0.25, 0.3) is 0 Å². The number of nitrogens with one attached hydrogen (secondary N) is 1. The van der Waals surface area contributed by atoms with Crippen LogP contribution in [0.2, 0.25) is 5.02 Å². The van der Waals surface area contributed by atoms with Crippen LogP contribution < -0.4 is 5.32 Å². The van der Waals surface area contributed by atoms with Crippen molar-refractivity contribution < 1.29 is 4.39 Å². The molecule has 0 aliphatic heterocycles. The van der Waals surface area contributed by atoms with Crippen LogP contribution in [-0.4, -0.2) is 12.6 Å². The molecule has 88 valence electrons. The van der Waals surface area contributed by atoms with Crippen LogP contribution in [0, 0.1) is 5.82 Å². The molecule has 0 atom stereocenters. The lowest BCUT2D eigenvalue weighted by Gasteiger charge is -2.05. The van der Waals surface area contributed by atoms with Gasteiger partial charge in [0.15, 0.2) is 0 Å². The van der Waals surface area contributed by atoms with E-state index in [9.17, 15) is 4.39 Å². The highest BCUT2D eigenvalue weighted by atomic mass is 35.5. The first-order valence-corrected chi connectivity index (χ1v) is 6.31. The summed E-state index contributed by atoms with van der Waals surface area (Å²) in [5, 5.41) is 3.68. The van der Waals surface area contributed by atoms with E-state index in [1.807, 2.05) is 12.1 Å². The molecular formula is C13H17ClFN. The number of rotatable bonds is 6. The fourth-order valence-electron chi connectivity index (χ4n) is 1.78. The Morgan fingerprint density at radius 3 is 2.88 bits per heavy atom. The summed E-state index contributed by atoms with van der Waals surface area (Å²) in [6, 6.07) is 5.98. The minimum absolute atomic E-state index is 0.230. The Labute approximate surface area is 101 Å². The van der Waals surface area contributed by atoms with E-state index in [1.54, 1.807) is 6.07 Å². The van der Waals surface area contributed by atoms with Crippen molar-refractivity contribution in [3.05, 3.63) is 34.6 Å². The van der Waals surface area contributed by atoms with Crippen LogP contribution in [0.25, 0.3) is 0 Å². The monoisotopic (exact) mass is 241 g/mol. The van der Waals surface area contributed by atoms with Crippen molar-refractivity contribution in [2.45, 2.75) is 38.1 Å². The third-order valence-electron chi connectivity index (χ3n) is 2.91. The lowest BCUT2D eigenvalue weighted by molar-refractivity contribution is 0.586. The maximum absolute atomic E-state index is 13.5. The van der Waals surface area contributed by atoms with Crippen molar-refractivity contribution in [2.24, 2.45) is 0 Å². The predicted molar refractivity (Wildman–Crippen MR) is 65.4 cm³/mol. The predicted octanol–water partition coefficient (Wildman–Crippen LogP) is 3.55. The summed E-state index contributed by atoms with van der Waals surface area (Å²) >= 11 is 5.72. The highest BCUT2D eigenvalue weighted by molar-refractivity contribution is 6.30. The third-order valence-corrected chi connectivity index (χ3v) is 3.21. The maximum Gasteiger partial charge on any atom is 0.144 e. The second-order valence-corrected chi connectivity index (χ2v) is 4.81. The summed E-state index contributed by atoms with van der Waals surface area (Å²) in [4.78, 5) is 0. The maximum atomic E-state index is 13.5. The number of unbranched alkanes of at least 4 members (excludes halogenated alkanes) is 1. The summed E-state index contributed by atoms with van der Waals surface area (Å²) in [6.07, 6.45) is 5.53. The molecule has 1 N–H and O–H groups in total. The normalized spacial score (nSPS) is 15.4. The molecule has 1 fully saturated rings. The molecule has 0 radical (unpaired) electrons. The molecule has 0 unspecified atom stereocenters. The molecule has 1 aromatic rings. The Bertz CT molecular complexity index is 350. The van der Waals surface area contributed by atoms with E-state index >= 15 is 0 Å². The van der Waals surface area contributed by atoms with Gasteiger partial charge in [0.05, 0.1) is 5.02 Å². The summed E-state index contributed by atoms with van der Waals surface area (Å²) in [5.74, 6) is -0.251. The van der Waals surface area contributed by atoms with Crippen LogP contribution in [0.1, 0.15) is 31.2 Å². The molecule has 0 saturated heterocycles. The van der Waals surface area contributed by atoms with Gasteiger partial charge in [-0.3, -0.25) is 0 Å². The molecule has 2 rings (SSSR count). The summed E-state index contributed by atoms with van der Waals surface area (Å²) < 4.78 is 13.5. The van der Waals surface area contributed by atoms with E-state index in [-0.39, 0.29) is 10.8 Å². The van der Waals surface area contributed by atoms with Crippen molar-refractivity contribution in [3.8, 4) is 0 Å². The smallest absolute Gasteiger partial charge is 0.144 e. The minimum atomic E-state index is -0.251. The quantitative estimate of drug-likeness (QED) is 0.751. The lowest BCUT2D eigenvalue weighted by Crippen LogP contribution is -2.17. The largest absolute Gasteiger partial charge is 0.314 e. The van der Waals surface area contributed by atoms with Gasteiger partial charge in [0.1, 0.15) is 5.82 Å². The van der Waals surface area contributed by atoms with Crippen molar-refractivity contribution in [1.29, 1.82) is 0 Å². The molecule has 1 saturated carbocycles. The van der Waals surface area contributed by atoms with Crippen molar-refractivity contribution in [2.75, 3.05) is 6.54 Å². The van der Waals surface area contributed by atoms with Gasteiger partial charge in [0.2, 0.25) is 0 Å². The molecule has 0 amide bonds. The van der Waals surface area contributed by atoms with Gasteiger partial charge in [-0.1, -0.05) is 23.7 Å². The fourth-order valence-corrected chi connectivity index (χ4v) is 1.97. The van der Waals surface area contributed by atoms with Crippen LogP contribution in [0.4, 0.5) is 4.39 Å². The lowest BCUT2D eigenvalue weighted by atomic mass is 10.1. The van der Waals surface area contributed by atoms with Crippen molar-refractivity contribution >= 4 is 11.6 Å². The molecule has 0 spiro atoms. The van der Waals surface area contributed by atoms with E-state index in [0.29, 0.717) is 0 Å². The highest BCUT2D eigenvalue weighted by Crippen LogP contribution is 2.20. The number of aryl methyl sites for hydroxylation is 1. The van der Waals surface area contributed by atoms with Gasteiger partial charge >= 0.3 is 0 Å². The fraction of sp³-hybridized carbons (Fsp3) is 0.538. The zero-order valence-corrected chi connectivity index (χ0v) is 10.1. The van der Waals surface area contributed by atoms with Gasteiger partial charge in [-0.15, -0.1) is 0 Å². The minimum Gasteiger partial charge on any atom is -0.314 e. The Morgan fingerprint density at radius 1 is 1.31 bits per heavy atom. The summed E-state index contributed by atoms with van der Waals surface area (Å²) in [6.45, 7) is 1.05. The summed E-state index contributed by atoms with van der Waals surface area (Å²) in [5.41, 5.74) is 0.735. The van der Waals surface area contributed by atoms with E-state index < -0.39 is 0 Å². The molecule has 1 aliphatic carbocycles. The van der Waals surface area contributed by atoms with Crippen LogP contribution in [-0.2, 0) is 6.42 Å². The van der Waals surface area contributed by atoms with Crippen LogP contribution in [0.5, 0.6) is 0 Å². The van der Waals surface area contributed by atoms with E-state index in [0.717, 1.165) is 37.4 Å². The zero-order chi connectivity index (χ0) is 11.4. The molecular weight excluding hydrogens is 225 g/mol. The van der Waals surface area contributed by atoms with Gasteiger partial charge < -0.3 is 5.32 Å². The highest BCUT2D eigenvalue weighted by Gasteiger charge is 2.19. The van der Waals surface area contributed by atoms with Crippen molar-refractivity contribution in [1.82, 2.24) is 5.32 Å². The Balaban J connectivity index is 1.69. The first-order chi connectivity index (χ1) is 7.77. The second-order valence-electron chi connectivity index (χ2n) is 4.40. The Hall–Kier alpha value is -0.600. The topological polar surface area (TPSA) is 12.0 Å². The molecule has 1 aromatic carbocycles. The zero-order valence-electron chi connectivity index (χ0n) is 9.31. The van der Waals surface area contributed by atoms with Crippen LogP contribution in [0.15, 0.2) is 18.2 Å². The molecule has 0 aromatic heterocycles. The Kier molecular flexibility index (Phi) is 4.19. The third kappa shape index (κ3) is 3.46. The first-order valence-electron chi connectivity index (χ1n) is 5.93. The average Bonchev–Trinajstić information content (AvgIpc) is 3.07. The Morgan fingerprint density at radius 2 is 2.12 bits per heavy atom. The molecule has 1 aliphatic rings. The summed E-state index contributed by atoms with van der Waals surface area (Å²) in [7, 11) is 0. The average molecular weight is 242 g/mol. The molecule has 3 heteroatoms. The molecule has 16 heavy (non-hydrogen) atoms. The number of hydrogen-bond donors (Lipinski definition) is 1. The van der Waals surface area contributed by atoms with Gasteiger partial charge in [0, 0.05) is 6.04 Å². The van der Waals surface area contributed by atoms with Gasteiger partial charge in [-0.25, -0.2) is 4.39 Å². The molecule has 0 bridgehead atoms. The van der Waals surface area contributed by atoms with E-state index in [1.165, 1.54) is 12.8 Å². The van der Waals surface area contributed by atoms with Crippen LogP contribution >= 0.6 is 11.6 Å². The van der Waals surface area contributed by atoms with Crippen LogP contribution in [0.3, 0.4) is 0 Å². The van der Waals surface area contributed by atoms with E-state index in [4.69, 9.17) is 11.6 Å². The van der Waals surface area contributed by atoms with Crippen molar-refractivity contribution in [3.63, 3.8) is 0 Å². The number of halogens is 2. The number of hydrogen-bond acceptors (Lipinski definition) is 1. The SMILES string of the molecule is Fc1c(Cl)cccc1CCCCNC1CC1. The van der Waals surface area contributed by atoms with E-state index in [2.05, 4.69) is 5.32 Å². The molecule has 1 nitrogen and oxygen atoms in total. The molecule has 0 heterocycles. The number of benzene rings is 1. The first kappa shape index (κ1) is 11.9. The second kappa shape index (κ2) is 5.65.